The van der Waals surface area contributed by atoms with Crippen LogP contribution in [0.4, 0.5) is 0 Å². The van der Waals surface area contributed by atoms with Crippen LogP contribution in [0.25, 0.3) is 11.5 Å². The topological polar surface area (TPSA) is 55.6 Å². The van der Waals surface area contributed by atoms with Crippen LogP contribution in [-0.2, 0) is 0 Å². The van der Waals surface area contributed by atoms with Crippen LogP contribution in [-0.4, -0.2) is 32.8 Å². The second kappa shape index (κ2) is 4.25. The molecule has 1 saturated heterocycles. The number of hydrogen-bond donors (Lipinski definition) is 1. The Morgan fingerprint density at radius 1 is 1.35 bits per heavy atom. The highest BCUT2D eigenvalue weighted by Crippen LogP contribution is 2.24. The Kier molecular flexibility index (Phi) is 2.60. The quantitative estimate of drug-likeness (QED) is 0.840. The van der Waals surface area contributed by atoms with Gasteiger partial charge in [0.15, 0.2) is 5.82 Å². The fourth-order valence-corrected chi connectivity index (χ4v) is 2.34. The summed E-state index contributed by atoms with van der Waals surface area (Å²) in [6, 6.07) is 6.31. The van der Waals surface area contributed by atoms with Crippen molar-refractivity contribution in [1.29, 1.82) is 0 Å². The van der Waals surface area contributed by atoms with Gasteiger partial charge in [-0.25, -0.2) is 0 Å². The molecule has 1 aliphatic rings. The third-order valence-corrected chi connectivity index (χ3v) is 3.16. The molecular formula is C12H15N5. The van der Waals surface area contributed by atoms with Gasteiger partial charge in [-0.05, 0) is 32.0 Å². The van der Waals surface area contributed by atoms with Crippen LogP contribution in [0.5, 0.6) is 0 Å². The van der Waals surface area contributed by atoms with E-state index in [-0.39, 0.29) is 0 Å². The Morgan fingerprint density at radius 2 is 2.29 bits per heavy atom. The van der Waals surface area contributed by atoms with E-state index >= 15 is 0 Å². The minimum absolute atomic E-state index is 0.446. The number of aromatic nitrogens is 4. The summed E-state index contributed by atoms with van der Waals surface area (Å²) in [4.78, 5) is 4.35. The van der Waals surface area contributed by atoms with Crippen LogP contribution in [0.1, 0.15) is 18.3 Å². The smallest absolute Gasteiger partial charge is 0.182 e. The minimum atomic E-state index is 0.446. The summed E-state index contributed by atoms with van der Waals surface area (Å²) in [7, 11) is 0. The molecule has 2 aromatic heterocycles. The summed E-state index contributed by atoms with van der Waals surface area (Å²) in [6.07, 6.45) is 2.91. The van der Waals surface area contributed by atoms with E-state index in [0.29, 0.717) is 6.04 Å². The van der Waals surface area contributed by atoms with Crippen molar-refractivity contribution in [1.82, 2.24) is 25.1 Å². The highest BCUT2D eigenvalue weighted by molar-refractivity contribution is 5.49. The maximum atomic E-state index is 4.35. The van der Waals surface area contributed by atoms with Crippen molar-refractivity contribution in [2.24, 2.45) is 0 Å². The molecule has 1 N–H and O–H groups in total. The average molecular weight is 229 g/mol. The van der Waals surface area contributed by atoms with Crippen molar-refractivity contribution in [3.05, 3.63) is 30.2 Å². The first-order chi connectivity index (χ1) is 8.36. The van der Waals surface area contributed by atoms with Crippen molar-refractivity contribution in [3.63, 3.8) is 0 Å². The molecule has 5 heteroatoms. The molecule has 5 nitrogen and oxygen atoms in total. The van der Waals surface area contributed by atoms with E-state index in [9.17, 15) is 0 Å². The zero-order valence-corrected chi connectivity index (χ0v) is 9.80. The lowest BCUT2D eigenvalue weighted by atomic mass is 10.2. The lowest BCUT2D eigenvalue weighted by Crippen LogP contribution is -2.15. The third kappa shape index (κ3) is 1.82. The molecule has 3 heterocycles. The minimum Gasteiger partial charge on any atom is -0.315 e. The van der Waals surface area contributed by atoms with Gasteiger partial charge in [0.25, 0.3) is 0 Å². The first-order valence-electron chi connectivity index (χ1n) is 5.90. The molecule has 2 aromatic rings. The molecule has 0 amide bonds. The molecule has 1 unspecified atom stereocenters. The van der Waals surface area contributed by atoms with Crippen LogP contribution in [0.2, 0.25) is 0 Å². The molecule has 1 atom stereocenters. The maximum absolute atomic E-state index is 4.35. The maximum Gasteiger partial charge on any atom is 0.182 e. The molecule has 88 valence electrons. The zero-order valence-electron chi connectivity index (χ0n) is 9.80. The van der Waals surface area contributed by atoms with E-state index < -0.39 is 0 Å². The Hall–Kier alpha value is -1.75. The summed E-state index contributed by atoms with van der Waals surface area (Å²) in [5.74, 6) is 1.83. The van der Waals surface area contributed by atoms with E-state index in [1.54, 1.807) is 6.20 Å². The van der Waals surface area contributed by atoms with Crippen LogP contribution in [0.15, 0.2) is 24.4 Å². The van der Waals surface area contributed by atoms with E-state index in [4.69, 9.17) is 0 Å². The van der Waals surface area contributed by atoms with Crippen LogP contribution < -0.4 is 5.32 Å². The average Bonchev–Trinajstić information content (AvgIpc) is 2.99. The van der Waals surface area contributed by atoms with E-state index in [0.717, 1.165) is 36.9 Å². The first kappa shape index (κ1) is 10.4. The molecule has 17 heavy (non-hydrogen) atoms. The highest BCUT2D eigenvalue weighted by atomic mass is 15.3. The molecule has 0 saturated carbocycles. The van der Waals surface area contributed by atoms with Gasteiger partial charge in [0, 0.05) is 12.7 Å². The van der Waals surface area contributed by atoms with Gasteiger partial charge in [-0.15, -0.1) is 10.2 Å². The molecule has 1 aliphatic heterocycles. The van der Waals surface area contributed by atoms with Gasteiger partial charge < -0.3 is 9.88 Å². The molecule has 0 bridgehead atoms. The van der Waals surface area contributed by atoms with E-state index in [2.05, 4.69) is 25.1 Å². The number of rotatable bonds is 2. The normalized spacial score (nSPS) is 19.7. The predicted octanol–water partition coefficient (Wildman–Crippen LogP) is 1.18. The van der Waals surface area contributed by atoms with Crippen molar-refractivity contribution in [3.8, 4) is 11.5 Å². The Bertz CT molecular complexity index is 499. The summed E-state index contributed by atoms with van der Waals surface area (Å²) >= 11 is 0. The van der Waals surface area contributed by atoms with Gasteiger partial charge in [-0.1, -0.05) is 6.07 Å². The SMILES string of the molecule is Cc1nnc(-c2ccccn2)n1C1CCNC1. The van der Waals surface area contributed by atoms with Crippen LogP contribution in [0.3, 0.4) is 0 Å². The van der Waals surface area contributed by atoms with E-state index in [1.807, 2.05) is 25.1 Å². The fourth-order valence-electron chi connectivity index (χ4n) is 2.34. The van der Waals surface area contributed by atoms with Crippen molar-refractivity contribution in [2.45, 2.75) is 19.4 Å². The number of nitrogens with one attached hydrogen (secondary N) is 1. The Morgan fingerprint density at radius 3 is 3.00 bits per heavy atom. The lowest BCUT2D eigenvalue weighted by Gasteiger charge is -2.14. The molecule has 0 aliphatic carbocycles. The van der Waals surface area contributed by atoms with Gasteiger partial charge in [-0.3, -0.25) is 4.98 Å². The standard InChI is InChI=1S/C12H15N5/c1-9-15-16-12(11-4-2-3-6-14-11)17(9)10-5-7-13-8-10/h2-4,6,10,13H,5,7-8H2,1H3. The van der Waals surface area contributed by atoms with Crippen molar-refractivity contribution in [2.75, 3.05) is 13.1 Å². The molecule has 0 aromatic carbocycles. The van der Waals surface area contributed by atoms with Crippen LogP contribution in [0, 0.1) is 6.92 Å². The number of pyridine rings is 1. The lowest BCUT2D eigenvalue weighted by molar-refractivity contribution is 0.537. The molecular weight excluding hydrogens is 214 g/mol. The summed E-state index contributed by atoms with van der Waals surface area (Å²) in [5.41, 5.74) is 0.889. The summed E-state index contributed by atoms with van der Waals surface area (Å²) in [6.45, 7) is 4.04. The Balaban J connectivity index is 2.06. The first-order valence-corrected chi connectivity index (χ1v) is 5.90. The van der Waals surface area contributed by atoms with Gasteiger partial charge in [0.05, 0.1) is 6.04 Å². The number of nitrogens with zero attached hydrogens (tertiary/aromatic N) is 4. The van der Waals surface area contributed by atoms with Crippen molar-refractivity contribution >= 4 is 0 Å². The van der Waals surface area contributed by atoms with Gasteiger partial charge >= 0.3 is 0 Å². The summed E-state index contributed by atoms with van der Waals surface area (Å²) < 4.78 is 2.20. The van der Waals surface area contributed by atoms with Gasteiger partial charge in [0.2, 0.25) is 0 Å². The monoisotopic (exact) mass is 229 g/mol. The Labute approximate surface area is 99.9 Å². The van der Waals surface area contributed by atoms with Gasteiger partial charge in [0.1, 0.15) is 11.5 Å². The third-order valence-electron chi connectivity index (χ3n) is 3.16. The fraction of sp³-hybridized carbons (Fsp3) is 0.417. The summed E-state index contributed by atoms with van der Waals surface area (Å²) in [5, 5.41) is 11.8. The number of aryl methyl sites for hydroxylation is 1. The molecule has 1 fully saturated rings. The van der Waals surface area contributed by atoms with Gasteiger partial charge in [-0.2, -0.15) is 0 Å². The molecule has 0 spiro atoms. The second-order valence-electron chi connectivity index (χ2n) is 4.30. The molecule has 0 radical (unpaired) electrons. The highest BCUT2D eigenvalue weighted by Gasteiger charge is 2.22. The second-order valence-corrected chi connectivity index (χ2v) is 4.30. The van der Waals surface area contributed by atoms with Crippen molar-refractivity contribution < 1.29 is 0 Å². The molecule has 3 rings (SSSR count). The van der Waals surface area contributed by atoms with E-state index in [1.165, 1.54) is 0 Å². The largest absolute Gasteiger partial charge is 0.315 e. The number of hydrogen-bond acceptors (Lipinski definition) is 4. The zero-order chi connectivity index (χ0) is 11.7. The predicted molar refractivity (Wildman–Crippen MR) is 64.5 cm³/mol. The van der Waals surface area contributed by atoms with Crippen LogP contribution >= 0.6 is 0 Å².